The molecule has 0 amide bonds. The van der Waals surface area contributed by atoms with Gasteiger partial charge in [0, 0.05) is 13.2 Å². The van der Waals surface area contributed by atoms with Crippen LogP contribution in [0.1, 0.15) is 0 Å². The third-order valence-corrected chi connectivity index (χ3v) is 2.46. The molecule has 16 heavy (non-hydrogen) atoms. The monoisotopic (exact) mass is 228 g/mol. The van der Waals surface area contributed by atoms with Gasteiger partial charge in [0.1, 0.15) is 0 Å². The van der Waals surface area contributed by atoms with Crippen molar-refractivity contribution in [3.63, 3.8) is 0 Å². The normalized spacial score (nSPS) is 16.6. The van der Waals surface area contributed by atoms with Crippen molar-refractivity contribution >= 4 is 5.69 Å². The lowest BCUT2D eigenvalue weighted by Gasteiger charge is -2.27. The van der Waals surface area contributed by atoms with Gasteiger partial charge in [-0.2, -0.15) is 13.2 Å². The van der Waals surface area contributed by atoms with E-state index in [2.05, 4.69) is 0 Å². The first-order chi connectivity index (χ1) is 7.48. The van der Waals surface area contributed by atoms with Gasteiger partial charge in [-0.05, 0) is 12.1 Å². The first-order valence-corrected chi connectivity index (χ1v) is 4.82. The molecule has 1 aliphatic rings. The standard InChI is InChI=1S/C11H11F3N2/c1-15-7-9(11(12,13)14)8-16(15)10-5-3-2-4-6-10/h2-7H,8H2,1H3. The Labute approximate surface area is 91.5 Å². The van der Waals surface area contributed by atoms with Crippen molar-refractivity contribution < 1.29 is 13.2 Å². The highest BCUT2D eigenvalue weighted by Gasteiger charge is 2.38. The zero-order valence-corrected chi connectivity index (χ0v) is 8.70. The fraction of sp³-hybridized carbons (Fsp3) is 0.273. The molecule has 0 bridgehead atoms. The van der Waals surface area contributed by atoms with E-state index in [0.29, 0.717) is 0 Å². The summed E-state index contributed by atoms with van der Waals surface area (Å²) in [4.78, 5) is 0. The van der Waals surface area contributed by atoms with E-state index in [1.54, 1.807) is 36.3 Å². The van der Waals surface area contributed by atoms with Gasteiger partial charge in [-0.15, -0.1) is 0 Å². The molecular weight excluding hydrogens is 217 g/mol. The van der Waals surface area contributed by atoms with E-state index in [0.717, 1.165) is 11.9 Å². The first-order valence-electron chi connectivity index (χ1n) is 4.82. The second kappa shape index (κ2) is 3.73. The molecule has 0 spiro atoms. The van der Waals surface area contributed by atoms with Crippen molar-refractivity contribution in [2.45, 2.75) is 6.18 Å². The van der Waals surface area contributed by atoms with Crippen molar-refractivity contribution in [1.82, 2.24) is 5.01 Å². The maximum atomic E-state index is 12.5. The van der Waals surface area contributed by atoms with Crippen molar-refractivity contribution in [2.75, 3.05) is 18.6 Å². The molecule has 1 aromatic rings. The lowest BCUT2D eigenvalue weighted by atomic mass is 10.2. The second-order valence-electron chi connectivity index (χ2n) is 3.62. The average molecular weight is 228 g/mol. The molecule has 0 radical (unpaired) electrons. The van der Waals surface area contributed by atoms with Crippen LogP contribution in [0.25, 0.3) is 0 Å². The molecule has 5 heteroatoms. The van der Waals surface area contributed by atoms with Gasteiger partial charge in [0.05, 0.1) is 17.8 Å². The summed E-state index contributed by atoms with van der Waals surface area (Å²) in [7, 11) is 1.60. The average Bonchev–Trinajstić information content (AvgIpc) is 2.61. The molecule has 0 N–H and O–H groups in total. The Morgan fingerprint density at radius 1 is 1.12 bits per heavy atom. The van der Waals surface area contributed by atoms with E-state index in [9.17, 15) is 13.2 Å². The van der Waals surface area contributed by atoms with Crippen LogP contribution in [0.3, 0.4) is 0 Å². The molecule has 1 heterocycles. The van der Waals surface area contributed by atoms with Gasteiger partial charge in [-0.1, -0.05) is 18.2 Å². The number of hydrazine groups is 1. The van der Waals surface area contributed by atoms with Crippen LogP contribution < -0.4 is 5.01 Å². The molecule has 0 saturated carbocycles. The van der Waals surface area contributed by atoms with Crippen LogP contribution in [0.15, 0.2) is 42.1 Å². The summed E-state index contributed by atoms with van der Waals surface area (Å²) >= 11 is 0. The summed E-state index contributed by atoms with van der Waals surface area (Å²) < 4.78 is 37.5. The van der Waals surface area contributed by atoms with Crippen LogP contribution in [0.5, 0.6) is 0 Å². The van der Waals surface area contributed by atoms with Crippen LogP contribution >= 0.6 is 0 Å². The number of benzene rings is 1. The van der Waals surface area contributed by atoms with Crippen LogP contribution in [-0.2, 0) is 0 Å². The van der Waals surface area contributed by atoms with Crippen LogP contribution in [0.4, 0.5) is 18.9 Å². The minimum atomic E-state index is -4.25. The van der Waals surface area contributed by atoms with E-state index < -0.39 is 11.7 Å². The SMILES string of the molecule is CN1C=C(C(F)(F)F)CN1c1ccccc1. The Balaban J connectivity index is 2.19. The van der Waals surface area contributed by atoms with Crippen LogP contribution in [0.2, 0.25) is 0 Å². The van der Waals surface area contributed by atoms with Crippen molar-refractivity contribution in [1.29, 1.82) is 0 Å². The van der Waals surface area contributed by atoms with Crippen molar-refractivity contribution in [3.05, 3.63) is 42.1 Å². The number of para-hydroxylation sites is 1. The highest BCUT2D eigenvalue weighted by atomic mass is 19.4. The molecule has 2 rings (SSSR count). The number of nitrogens with zero attached hydrogens (tertiary/aromatic N) is 2. The zero-order valence-electron chi connectivity index (χ0n) is 8.70. The fourth-order valence-corrected chi connectivity index (χ4v) is 1.65. The summed E-state index contributed by atoms with van der Waals surface area (Å²) in [6, 6.07) is 8.99. The molecule has 0 aliphatic carbocycles. The summed E-state index contributed by atoms with van der Waals surface area (Å²) in [5.41, 5.74) is 0.222. The maximum Gasteiger partial charge on any atom is 0.415 e. The maximum absolute atomic E-state index is 12.5. The number of anilines is 1. The summed E-state index contributed by atoms with van der Waals surface area (Å²) in [6.07, 6.45) is -3.13. The molecule has 0 saturated heterocycles. The van der Waals surface area contributed by atoms with E-state index in [-0.39, 0.29) is 6.54 Å². The highest BCUT2D eigenvalue weighted by Crippen LogP contribution is 2.32. The molecule has 2 nitrogen and oxygen atoms in total. The Kier molecular flexibility index (Phi) is 2.53. The van der Waals surface area contributed by atoms with Gasteiger partial charge < -0.3 is 0 Å². The molecule has 1 aromatic carbocycles. The minimum Gasteiger partial charge on any atom is -0.295 e. The highest BCUT2D eigenvalue weighted by molar-refractivity contribution is 5.48. The third-order valence-electron chi connectivity index (χ3n) is 2.46. The Hall–Kier alpha value is -1.65. The quantitative estimate of drug-likeness (QED) is 0.729. The molecule has 0 aromatic heterocycles. The molecule has 0 unspecified atom stereocenters. The lowest BCUT2D eigenvalue weighted by Crippen LogP contribution is -2.32. The topological polar surface area (TPSA) is 6.48 Å². The predicted molar refractivity (Wildman–Crippen MR) is 55.7 cm³/mol. The number of alkyl halides is 3. The molecular formula is C11H11F3N2. The molecule has 0 atom stereocenters. The van der Waals surface area contributed by atoms with Gasteiger partial charge in [0.15, 0.2) is 0 Å². The largest absolute Gasteiger partial charge is 0.415 e. The summed E-state index contributed by atoms with van der Waals surface area (Å²) in [6.45, 7) is -0.135. The number of hydrogen-bond acceptors (Lipinski definition) is 2. The minimum absolute atomic E-state index is 0.135. The Morgan fingerprint density at radius 3 is 2.25 bits per heavy atom. The van der Waals surface area contributed by atoms with Gasteiger partial charge in [0.25, 0.3) is 0 Å². The zero-order chi connectivity index (χ0) is 11.8. The lowest BCUT2D eigenvalue weighted by molar-refractivity contribution is -0.0915. The third kappa shape index (κ3) is 1.98. The number of hydrogen-bond donors (Lipinski definition) is 0. The van der Waals surface area contributed by atoms with Crippen LogP contribution in [-0.4, -0.2) is 24.8 Å². The predicted octanol–water partition coefficient (Wildman–Crippen LogP) is 2.80. The van der Waals surface area contributed by atoms with Gasteiger partial charge >= 0.3 is 6.18 Å². The second-order valence-corrected chi connectivity index (χ2v) is 3.62. The van der Waals surface area contributed by atoms with Crippen molar-refractivity contribution in [3.8, 4) is 0 Å². The number of rotatable bonds is 1. The number of halogens is 3. The van der Waals surface area contributed by atoms with E-state index in [1.807, 2.05) is 6.07 Å². The molecule has 86 valence electrons. The summed E-state index contributed by atoms with van der Waals surface area (Å²) in [5.74, 6) is 0. The Bertz CT molecular complexity index is 397. The van der Waals surface area contributed by atoms with Crippen molar-refractivity contribution in [2.24, 2.45) is 0 Å². The van der Waals surface area contributed by atoms with Gasteiger partial charge in [-0.3, -0.25) is 10.0 Å². The van der Waals surface area contributed by atoms with E-state index >= 15 is 0 Å². The molecule has 1 aliphatic heterocycles. The Morgan fingerprint density at radius 2 is 1.75 bits per heavy atom. The summed E-state index contributed by atoms with van der Waals surface area (Å²) in [5, 5.41) is 3.03. The van der Waals surface area contributed by atoms with Gasteiger partial charge in [0.2, 0.25) is 0 Å². The first kappa shape index (κ1) is 10.9. The fourth-order valence-electron chi connectivity index (χ4n) is 1.65. The van der Waals surface area contributed by atoms with Gasteiger partial charge in [-0.25, -0.2) is 0 Å². The smallest absolute Gasteiger partial charge is 0.295 e. The van der Waals surface area contributed by atoms with E-state index in [4.69, 9.17) is 0 Å². The van der Waals surface area contributed by atoms with E-state index in [1.165, 1.54) is 5.01 Å². The van der Waals surface area contributed by atoms with Crippen LogP contribution in [0, 0.1) is 0 Å². The molecule has 0 fully saturated rings.